The molecular formula is C13H25NO. The summed E-state index contributed by atoms with van der Waals surface area (Å²) in [6.07, 6.45) is 9.43. The summed E-state index contributed by atoms with van der Waals surface area (Å²) in [4.78, 5) is 0. The third-order valence-corrected chi connectivity index (χ3v) is 4.19. The summed E-state index contributed by atoms with van der Waals surface area (Å²) in [5, 5.41) is 3.68. The minimum absolute atomic E-state index is 0.162. The molecule has 1 atom stereocenters. The van der Waals surface area contributed by atoms with E-state index in [2.05, 4.69) is 12.2 Å². The van der Waals surface area contributed by atoms with Crippen LogP contribution in [0, 0.1) is 5.92 Å². The van der Waals surface area contributed by atoms with Gasteiger partial charge in [-0.25, -0.2) is 0 Å². The quantitative estimate of drug-likeness (QED) is 0.755. The van der Waals surface area contributed by atoms with Crippen molar-refractivity contribution >= 4 is 0 Å². The van der Waals surface area contributed by atoms with Gasteiger partial charge in [-0.05, 0) is 38.1 Å². The SMILES string of the molecule is CCNC(C1CC1)C1(OC)CCCCC1. The molecule has 2 fully saturated rings. The molecule has 15 heavy (non-hydrogen) atoms. The smallest absolute Gasteiger partial charge is 0.0833 e. The second-order valence-corrected chi connectivity index (χ2v) is 5.20. The highest BCUT2D eigenvalue weighted by Crippen LogP contribution is 2.44. The van der Waals surface area contributed by atoms with E-state index in [9.17, 15) is 0 Å². The van der Waals surface area contributed by atoms with Crippen LogP contribution < -0.4 is 5.32 Å². The summed E-state index contributed by atoms with van der Waals surface area (Å²) in [6.45, 7) is 3.29. The van der Waals surface area contributed by atoms with E-state index in [4.69, 9.17) is 4.74 Å². The van der Waals surface area contributed by atoms with Crippen LogP contribution in [0.5, 0.6) is 0 Å². The first kappa shape index (κ1) is 11.4. The third-order valence-electron chi connectivity index (χ3n) is 4.19. The summed E-state index contributed by atoms with van der Waals surface area (Å²) >= 11 is 0. The standard InChI is InChI=1S/C13H25NO/c1-3-14-12(11-7-8-11)13(15-2)9-5-4-6-10-13/h11-12,14H,3-10H2,1-2H3. The minimum Gasteiger partial charge on any atom is -0.377 e. The van der Waals surface area contributed by atoms with Crippen LogP contribution in [0.1, 0.15) is 51.9 Å². The molecule has 0 aliphatic heterocycles. The predicted molar refractivity (Wildman–Crippen MR) is 63.0 cm³/mol. The molecule has 0 aromatic carbocycles. The summed E-state index contributed by atoms with van der Waals surface area (Å²) < 4.78 is 5.93. The lowest BCUT2D eigenvalue weighted by atomic mass is 9.77. The first-order chi connectivity index (χ1) is 7.32. The number of ether oxygens (including phenoxy) is 1. The van der Waals surface area contributed by atoms with Gasteiger partial charge < -0.3 is 10.1 Å². The molecular weight excluding hydrogens is 186 g/mol. The Morgan fingerprint density at radius 2 is 1.93 bits per heavy atom. The summed E-state index contributed by atoms with van der Waals surface area (Å²) in [5.74, 6) is 0.892. The lowest BCUT2D eigenvalue weighted by molar-refractivity contribution is -0.0724. The molecule has 0 amide bonds. The summed E-state index contributed by atoms with van der Waals surface area (Å²) in [6, 6.07) is 0.618. The predicted octanol–water partition coefficient (Wildman–Crippen LogP) is 2.72. The molecule has 1 N–H and O–H groups in total. The molecule has 0 spiro atoms. The molecule has 2 heteroatoms. The highest BCUT2D eigenvalue weighted by molar-refractivity contribution is 5.02. The van der Waals surface area contributed by atoms with Crippen molar-refractivity contribution in [2.75, 3.05) is 13.7 Å². The van der Waals surface area contributed by atoms with Crippen LogP contribution in [0.15, 0.2) is 0 Å². The number of hydrogen-bond acceptors (Lipinski definition) is 2. The lowest BCUT2D eigenvalue weighted by Gasteiger charge is -2.43. The molecule has 0 aromatic heterocycles. The van der Waals surface area contributed by atoms with Crippen molar-refractivity contribution in [1.82, 2.24) is 5.32 Å². The fourth-order valence-corrected chi connectivity index (χ4v) is 3.22. The average Bonchev–Trinajstić information content (AvgIpc) is 3.11. The first-order valence-electron chi connectivity index (χ1n) is 6.61. The van der Waals surface area contributed by atoms with Gasteiger partial charge in [-0.2, -0.15) is 0 Å². The highest BCUT2D eigenvalue weighted by atomic mass is 16.5. The van der Waals surface area contributed by atoms with Crippen molar-refractivity contribution in [3.63, 3.8) is 0 Å². The van der Waals surface area contributed by atoms with Crippen LogP contribution in [0.3, 0.4) is 0 Å². The van der Waals surface area contributed by atoms with E-state index in [0.29, 0.717) is 6.04 Å². The van der Waals surface area contributed by atoms with Crippen molar-refractivity contribution in [3.05, 3.63) is 0 Å². The third kappa shape index (κ3) is 2.36. The molecule has 2 rings (SSSR count). The highest BCUT2D eigenvalue weighted by Gasteiger charge is 2.46. The van der Waals surface area contributed by atoms with Gasteiger partial charge in [0, 0.05) is 13.2 Å². The fourth-order valence-electron chi connectivity index (χ4n) is 3.22. The molecule has 0 saturated heterocycles. The van der Waals surface area contributed by atoms with E-state index in [1.54, 1.807) is 0 Å². The van der Waals surface area contributed by atoms with Crippen molar-refractivity contribution in [2.24, 2.45) is 5.92 Å². The molecule has 88 valence electrons. The zero-order chi connectivity index (χ0) is 10.7. The second kappa shape index (κ2) is 4.84. The number of likely N-dealkylation sites (N-methyl/N-ethyl adjacent to an activating group) is 1. The van der Waals surface area contributed by atoms with Gasteiger partial charge in [0.25, 0.3) is 0 Å². The molecule has 2 aliphatic carbocycles. The number of methoxy groups -OCH3 is 1. The maximum atomic E-state index is 5.93. The molecule has 0 heterocycles. The zero-order valence-corrected chi connectivity index (χ0v) is 10.2. The molecule has 2 aliphatic rings. The Bertz CT molecular complexity index is 195. The van der Waals surface area contributed by atoms with Crippen LogP contribution in [-0.2, 0) is 4.74 Å². The van der Waals surface area contributed by atoms with E-state index in [-0.39, 0.29) is 5.60 Å². The lowest BCUT2D eigenvalue weighted by Crippen LogP contribution is -2.54. The van der Waals surface area contributed by atoms with Crippen LogP contribution >= 0.6 is 0 Å². The average molecular weight is 211 g/mol. The Hall–Kier alpha value is -0.0800. The van der Waals surface area contributed by atoms with Gasteiger partial charge in [-0.15, -0.1) is 0 Å². The molecule has 0 bridgehead atoms. The molecule has 1 unspecified atom stereocenters. The summed E-state index contributed by atoms with van der Waals surface area (Å²) in [5.41, 5.74) is 0.162. The van der Waals surface area contributed by atoms with Crippen molar-refractivity contribution in [2.45, 2.75) is 63.5 Å². The van der Waals surface area contributed by atoms with Crippen LogP contribution in [0.25, 0.3) is 0 Å². The van der Waals surface area contributed by atoms with Gasteiger partial charge in [0.05, 0.1) is 5.60 Å². The monoisotopic (exact) mass is 211 g/mol. The van der Waals surface area contributed by atoms with E-state index >= 15 is 0 Å². The summed E-state index contributed by atoms with van der Waals surface area (Å²) in [7, 11) is 1.91. The zero-order valence-electron chi connectivity index (χ0n) is 10.2. The van der Waals surface area contributed by atoms with Gasteiger partial charge in [0.1, 0.15) is 0 Å². The minimum atomic E-state index is 0.162. The maximum absolute atomic E-state index is 5.93. The van der Waals surface area contributed by atoms with Gasteiger partial charge in [-0.3, -0.25) is 0 Å². The van der Waals surface area contributed by atoms with Gasteiger partial charge in [-0.1, -0.05) is 26.2 Å². The van der Waals surface area contributed by atoms with Crippen LogP contribution in [0.2, 0.25) is 0 Å². The normalized spacial score (nSPS) is 27.6. The number of nitrogens with one attached hydrogen (secondary N) is 1. The largest absolute Gasteiger partial charge is 0.377 e. The molecule has 2 saturated carbocycles. The fraction of sp³-hybridized carbons (Fsp3) is 1.00. The van der Waals surface area contributed by atoms with Gasteiger partial charge in [0.2, 0.25) is 0 Å². The Morgan fingerprint density at radius 1 is 1.27 bits per heavy atom. The van der Waals surface area contributed by atoms with E-state index in [0.717, 1.165) is 12.5 Å². The Labute approximate surface area is 93.8 Å². The van der Waals surface area contributed by atoms with Crippen LogP contribution in [-0.4, -0.2) is 25.3 Å². The number of rotatable bonds is 5. The van der Waals surface area contributed by atoms with E-state index in [1.165, 1.54) is 44.9 Å². The second-order valence-electron chi connectivity index (χ2n) is 5.20. The van der Waals surface area contributed by atoms with E-state index in [1.807, 2.05) is 7.11 Å². The maximum Gasteiger partial charge on any atom is 0.0833 e. The Balaban J connectivity index is 2.05. The topological polar surface area (TPSA) is 21.3 Å². The van der Waals surface area contributed by atoms with Gasteiger partial charge in [0.15, 0.2) is 0 Å². The first-order valence-corrected chi connectivity index (χ1v) is 6.61. The molecule has 0 radical (unpaired) electrons. The Morgan fingerprint density at radius 3 is 2.40 bits per heavy atom. The van der Waals surface area contributed by atoms with Crippen molar-refractivity contribution in [3.8, 4) is 0 Å². The molecule has 2 nitrogen and oxygen atoms in total. The number of hydrogen-bond donors (Lipinski definition) is 1. The van der Waals surface area contributed by atoms with Crippen molar-refractivity contribution in [1.29, 1.82) is 0 Å². The van der Waals surface area contributed by atoms with E-state index < -0.39 is 0 Å². The van der Waals surface area contributed by atoms with Crippen LogP contribution in [0.4, 0.5) is 0 Å². The van der Waals surface area contributed by atoms with Gasteiger partial charge >= 0.3 is 0 Å². The Kier molecular flexibility index (Phi) is 3.68. The van der Waals surface area contributed by atoms with Crippen molar-refractivity contribution < 1.29 is 4.74 Å². The molecule has 0 aromatic rings.